The number of hydrogen-bond acceptors (Lipinski definition) is 12. The molecule has 8 bridgehead atoms. The molecular weight excluding hydrogens is 953 g/mol. The van der Waals surface area contributed by atoms with Crippen molar-refractivity contribution in [2.75, 3.05) is 28.4 Å². The standard InChI is InChI=1S/C64H44N4O8/c1-73-52-25-21-38(56-39(52)9-5-13-48(56)69)46-31-37-30-35-18-17-33(65-35)29-34-19-20-36(66-34)32-47-60(43-22-26-53(74-2)40-10-6-14-49(70)57(40)43)61(44-23-27-54(75-3)41-11-7-15-50(71)58(41)44)64(68-47)62(63(46)67-37)45-24-28-55(76-4)42-12-8-16-51(72)59(42)45/h5-32,69-72H,1-4H3. The molecule has 4 N–H and O–H groups in total. The fraction of sp³-hybridized carbons (Fsp3) is 0.0625. The van der Waals surface area contributed by atoms with E-state index in [4.69, 9.17) is 38.9 Å². The van der Waals surface area contributed by atoms with Crippen LogP contribution in [0.25, 0.3) is 65.4 Å². The van der Waals surface area contributed by atoms with Crippen LogP contribution in [-0.2, 0) is 0 Å². The lowest BCUT2D eigenvalue weighted by Crippen LogP contribution is -2.08. The third kappa shape index (κ3) is 7.13. The second-order valence-corrected chi connectivity index (χ2v) is 18.5. The highest BCUT2D eigenvalue weighted by atomic mass is 16.5. The zero-order valence-electron chi connectivity index (χ0n) is 41.4. The number of methoxy groups -OCH3 is 4. The summed E-state index contributed by atoms with van der Waals surface area (Å²) < 4.78 is 23.8. The molecule has 0 saturated carbocycles. The van der Waals surface area contributed by atoms with Crippen LogP contribution < -0.4 is 18.9 Å². The Kier molecular flexibility index (Phi) is 10.7. The number of fused-ring (bicyclic) bond motifs is 8. The van der Waals surface area contributed by atoms with Gasteiger partial charge in [-0.2, -0.15) is 0 Å². The molecule has 0 saturated heterocycles. The van der Waals surface area contributed by atoms with Gasteiger partial charge >= 0.3 is 0 Å². The predicted molar refractivity (Wildman–Crippen MR) is 303 cm³/mol. The number of phenolic OH excluding ortho intramolecular Hbond substituents is 4. The summed E-state index contributed by atoms with van der Waals surface area (Å²) in [6.07, 6.45) is 15.4. The van der Waals surface area contributed by atoms with Crippen molar-refractivity contribution in [1.82, 2.24) is 0 Å². The van der Waals surface area contributed by atoms with E-state index in [0.717, 1.165) is 0 Å². The van der Waals surface area contributed by atoms with Crippen molar-refractivity contribution in [2.45, 2.75) is 0 Å². The Morgan fingerprint density at radius 2 is 0.737 bits per heavy atom. The molecule has 5 heterocycles. The molecule has 13 rings (SSSR count). The lowest BCUT2D eigenvalue weighted by atomic mass is 9.82. The Morgan fingerprint density at radius 1 is 0.342 bits per heavy atom. The number of rotatable bonds is 8. The molecule has 8 aromatic carbocycles. The molecule has 76 heavy (non-hydrogen) atoms. The van der Waals surface area contributed by atoms with Gasteiger partial charge in [0.2, 0.25) is 0 Å². The van der Waals surface area contributed by atoms with Gasteiger partial charge in [0, 0.05) is 65.4 Å². The second kappa shape index (κ2) is 17.8. The normalized spacial score (nSPS) is 15.7. The zero-order valence-corrected chi connectivity index (χ0v) is 41.4. The Balaban J connectivity index is 1.29. The van der Waals surface area contributed by atoms with Crippen molar-refractivity contribution >= 4 is 88.2 Å². The molecule has 12 nitrogen and oxygen atoms in total. The first kappa shape index (κ1) is 45.6. The van der Waals surface area contributed by atoms with Crippen LogP contribution in [0.4, 0.5) is 0 Å². The molecule has 0 radical (unpaired) electrons. The van der Waals surface area contributed by atoms with E-state index in [0.29, 0.717) is 156 Å². The lowest BCUT2D eigenvalue weighted by molar-refractivity contribution is 0.419. The molecule has 0 aliphatic carbocycles. The topological polar surface area (TPSA) is 167 Å². The Labute approximate surface area is 435 Å². The molecular formula is C64H44N4O8. The highest BCUT2D eigenvalue weighted by Crippen LogP contribution is 2.54. The highest BCUT2D eigenvalue weighted by Gasteiger charge is 2.37. The highest BCUT2D eigenvalue weighted by molar-refractivity contribution is 6.52. The van der Waals surface area contributed by atoms with Crippen LogP contribution in [0.5, 0.6) is 46.0 Å². The number of allylic oxidation sites excluding steroid dienone is 12. The summed E-state index contributed by atoms with van der Waals surface area (Å²) in [5.41, 5.74) is 8.90. The van der Waals surface area contributed by atoms with E-state index in [2.05, 4.69) is 0 Å². The van der Waals surface area contributed by atoms with E-state index in [9.17, 15) is 20.4 Å². The van der Waals surface area contributed by atoms with Crippen molar-refractivity contribution in [1.29, 1.82) is 0 Å². The SMILES string of the molecule is COc1ccc(C2=CC3=CC4=NC(=CC5=NC(=CC6=NC(=C(c7ccc(OC)c8cccc(O)c78)C2=N3)C(c2ccc(OC)c3cccc(O)c23)=C6c2ccc(OC)c3cccc(O)c23)C=C5)C=C4)c2c(O)cccc12. The Hall–Kier alpha value is -10.2. The monoisotopic (exact) mass is 996 g/mol. The molecule has 0 amide bonds. The summed E-state index contributed by atoms with van der Waals surface area (Å²) in [6, 6.07) is 36.3. The summed E-state index contributed by atoms with van der Waals surface area (Å²) in [6.45, 7) is 0. The van der Waals surface area contributed by atoms with E-state index in [1.54, 1.807) is 77.0 Å². The third-order valence-electron chi connectivity index (χ3n) is 14.4. The molecule has 0 fully saturated rings. The number of phenols is 4. The van der Waals surface area contributed by atoms with Crippen LogP contribution in [0.15, 0.2) is 213 Å². The van der Waals surface area contributed by atoms with E-state index in [1.807, 2.05) is 121 Å². The van der Waals surface area contributed by atoms with Crippen molar-refractivity contribution in [3.05, 3.63) is 215 Å². The summed E-state index contributed by atoms with van der Waals surface area (Å²) >= 11 is 0. The summed E-state index contributed by atoms with van der Waals surface area (Å²) in [5.74, 6) is 2.11. The van der Waals surface area contributed by atoms with Gasteiger partial charge in [-0.3, -0.25) is 0 Å². The predicted octanol–water partition coefficient (Wildman–Crippen LogP) is 13.2. The maximum Gasteiger partial charge on any atom is 0.126 e. The molecule has 368 valence electrons. The fourth-order valence-electron chi connectivity index (χ4n) is 11.1. The van der Waals surface area contributed by atoms with Gasteiger partial charge in [0.1, 0.15) is 46.0 Å². The van der Waals surface area contributed by atoms with Crippen LogP contribution in [0.3, 0.4) is 0 Å². The van der Waals surface area contributed by atoms with Gasteiger partial charge < -0.3 is 39.4 Å². The van der Waals surface area contributed by atoms with Gasteiger partial charge in [0.05, 0.1) is 74.1 Å². The van der Waals surface area contributed by atoms with E-state index < -0.39 is 0 Å². The quantitative estimate of drug-likeness (QED) is 0.117. The molecule has 0 atom stereocenters. The molecule has 0 aromatic heterocycles. The van der Waals surface area contributed by atoms with Crippen molar-refractivity contribution in [2.24, 2.45) is 20.0 Å². The maximum atomic E-state index is 12.3. The third-order valence-corrected chi connectivity index (χ3v) is 14.4. The Morgan fingerprint density at radius 3 is 1.20 bits per heavy atom. The maximum absolute atomic E-state index is 12.3. The van der Waals surface area contributed by atoms with E-state index in [-0.39, 0.29) is 23.0 Å². The molecule has 5 aliphatic heterocycles. The van der Waals surface area contributed by atoms with Crippen LogP contribution in [-0.4, -0.2) is 71.7 Å². The smallest absolute Gasteiger partial charge is 0.126 e. The molecule has 12 heteroatoms. The van der Waals surface area contributed by atoms with Gasteiger partial charge in [-0.25, -0.2) is 20.0 Å². The minimum atomic E-state index is -0.0320. The van der Waals surface area contributed by atoms with E-state index in [1.165, 1.54) is 0 Å². The number of ether oxygens (including phenoxy) is 4. The van der Waals surface area contributed by atoms with Crippen molar-refractivity contribution in [3.63, 3.8) is 0 Å². The molecule has 0 unspecified atom stereocenters. The average molecular weight is 997 g/mol. The van der Waals surface area contributed by atoms with Crippen LogP contribution >= 0.6 is 0 Å². The van der Waals surface area contributed by atoms with Gasteiger partial charge in [-0.05, 0) is 144 Å². The average Bonchev–Trinajstić information content (AvgIpc) is 4.26. The fourth-order valence-corrected chi connectivity index (χ4v) is 11.1. The second-order valence-electron chi connectivity index (χ2n) is 18.5. The minimum absolute atomic E-state index is 0.00165. The van der Waals surface area contributed by atoms with Gasteiger partial charge in [0.15, 0.2) is 0 Å². The molecule has 5 aliphatic rings. The number of hydrogen-bond donors (Lipinski definition) is 4. The number of benzene rings is 8. The summed E-state index contributed by atoms with van der Waals surface area (Å²) in [4.78, 5) is 21.4. The van der Waals surface area contributed by atoms with Gasteiger partial charge in [-0.15, -0.1) is 0 Å². The van der Waals surface area contributed by atoms with Crippen molar-refractivity contribution in [3.8, 4) is 46.0 Å². The first-order valence-electron chi connectivity index (χ1n) is 24.4. The lowest BCUT2D eigenvalue weighted by Gasteiger charge is -2.22. The largest absolute Gasteiger partial charge is 0.507 e. The van der Waals surface area contributed by atoms with Crippen LogP contribution in [0, 0.1) is 0 Å². The molecule has 8 aromatic rings. The number of aliphatic imine (C=N–C) groups is 4. The van der Waals surface area contributed by atoms with Gasteiger partial charge in [-0.1, -0.05) is 48.5 Å². The van der Waals surface area contributed by atoms with Crippen molar-refractivity contribution < 1.29 is 39.4 Å². The summed E-state index contributed by atoms with van der Waals surface area (Å²) in [7, 11) is 6.36. The van der Waals surface area contributed by atoms with Gasteiger partial charge in [0.25, 0.3) is 0 Å². The molecule has 0 spiro atoms. The number of nitrogens with zero attached hydrogens (tertiary/aromatic N) is 4. The Bertz CT molecular complexity index is 4370. The summed E-state index contributed by atoms with van der Waals surface area (Å²) in [5, 5.41) is 53.1. The zero-order chi connectivity index (χ0) is 51.9. The number of aromatic hydroxyl groups is 4. The first-order valence-corrected chi connectivity index (χ1v) is 24.4. The minimum Gasteiger partial charge on any atom is -0.507 e. The first-order chi connectivity index (χ1) is 37.1. The van der Waals surface area contributed by atoms with E-state index >= 15 is 0 Å². The van der Waals surface area contributed by atoms with Crippen LogP contribution in [0.1, 0.15) is 22.3 Å². The van der Waals surface area contributed by atoms with Crippen LogP contribution in [0.2, 0.25) is 0 Å².